The van der Waals surface area contributed by atoms with E-state index in [0.717, 1.165) is 5.75 Å². The highest BCUT2D eigenvalue weighted by Crippen LogP contribution is 2.02. The van der Waals surface area contributed by atoms with Crippen LogP contribution in [-0.2, 0) is 14.4 Å². The molecule has 17 heavy (non-hydrogen) atoms. The van der Waals surface area contributed by atoms with Gasteiger partial charge in [-0.05, 0) is 24.9 Å². The van der Waals surface area contributed by atoms with Crippen molar-refractivity contribution >= 4 is 29.6 Å². The number of thioether (sulfide) groups is 1. The Morgan fingerprint density at radius 3 is 2.35 bits per heavy atom. The second-order valence-electron chi connectivity index (χ2n) is 3.49. The minimum absolute atomic E-state index is 0.0983. The monoisotopic (exact) mass is 263 g/mol. The van der Waals surface area contributed by atoms with Crippen LogP contribution in [-0.4, -0.2) is 46.1 Å². The van der Waals surface area contributed by atoms with Crippen molar-refractivity contribution in [3.8, 4) is 0 Å². The van der Waals surface area contributed by atoms with Gasteiger partial charge in [0.25, 0.3) is 0 Å². The average molecular weight is 263 g/mol. The topological polar surface area (TPSA) is 104 Å². The van der Waals surface area contributed by atoms with Crippen LogP contribution in [0.5, 0.6) is 0 Å². The summed E-state index contributed by atoms with van der Waals surface area (Å²) < 4.78 is 0. The summed E-state index contributed by atoms with van der Waals surface area (Å²) in [7, 11) is 0. The molecule has 98 valence electrons. The second kappa shape index (κ2) is 8.86. The standard InChI is InChI=1S/C10H17NO5S/c1-17-6-2-3-8(12)11-7(10(15)16)4-5-9(13)14/h7H,2-6H2,1H3,(H,11,12)(H,13,14)(H,15,16). The number of carbonyl (C=O) groups is 3. The van der Waals surface area contributed by atoms with Gasteiger partial charge in [0.05, 0.1) is 0 Å². The zero-order valence-electron chi connectivity index (χ0n) is 9.64. The predicted molar refractivity (Wildman–Crippen MR) is 64.1 cm³/mol. The Morgan fingerprint density at radius 2 is 1.88 bits per heavy atom. The van der Waals surface area contributed by atoms with E-state index in [1.165, 1.54) is 0 Å². The molecule has 3 N–H and O–H groups in total. The normalized spacial score (nSPS) is 11.8. The van der Waals surface area contributed by atoms with E-state index in [-0.39, 0.29) is 25.2 Å². The molecular formula is C10H17NO5S. The van der Waals surface area contributed by atoms with Gasteiger partial charge in [0.1, 0.15) is 6.04 Å². The van der Waals surface area contributed by atoms with Crippen molar-refractivity contribution in [3.63, 3.8) is 0 Å². The van der Waals surface area contributed by atoms with Crippen molar-refractivity contribution < 1.29 is 24.6 Å². The molecule has 0 saturated carbocycles. The third kappa shape index (κ3) is 8.56. The third-order valence-electron chi connectivity index (χ3n) is 2.03. The molecule has 0 aromatic heterocycles. The molecule has 0 saturated heterocycles. The zero-order valence-corrected chi connectivity index (χ0v) is 10.5. The number of carboxylic acid groups (broad SMARTS) is 2. The van der Waals surface area contributed by atoms with Gasteiger partial charge in [-0.25, -0.2) is 4.79 Å². The largest absolute Gasteiger partial charge is 0.481 e. The van der Waals surface area contributed by atoms with Crippen LogP contribution in [0.1, 0.15) is 25.7 Å². The summed E-state index contributed by atoms with van der Waals surface area (Å²) in [5, 5.41) is 19.6. The van der Waals surface area contributed by atoms with Gasteiger partial charge in [-0.2, -0.15) is 11.8 Å². The quantitative estimate of drug-likeness (QED) is 0.525. The number of carboxylic acids is 2. The van der Waals surface area contributed by atoms with E-state index in [2.05, 4.69) is 5.32 Å². The summed E-state index contributed by atoms with van der Waals surface area (Å²) in [6.45, 7) is 0. The van der Waals surface area contributed by atoms with Gasteiger partial charge in [0.15, 0.2) is 0 Å². The highest BCUT2D eigenvalue weighted by atomic mass is 32.2. The van der Waals surface area contributed by atoms with E-state index in [1.807, 2.05) is 6.26 Å². The molecule has 0 aromatic rings. The van der Waals surface area contributed by atoms with Gasteiger partial charge >= 0.3 is 11.9 Å². The molecule has 0 aromatic carbocycles. The maximum Gasteiger partial charge on any atom is 0.326 e. The highest BCUT2D eigenvalue weighted by molar-refractivity contribution is 7.98. The van der Waals surface area contributed by atoms with E-state index in [0.29, 0.717) is 6.42 Å². The van der Waals surface area contributed by atoms with Crippen molar-refractivity contribution in [3.05, 3.63) is 0 Å². The fourth-order valence-electron chi connectivity index (χ4n) is 1.17. The SMILES string of the molecule is CSCCCC(=O)NC(CCC(=O)O)C(=O)O. The summed E-state index contributed by atoms with van der Waals surface area (Å²) in [6.07, 6.45) is 2.49. The van der Waals surface area contributed by atoms with Gasteiger partial charge in [0, 0.05) is 12.8 Å². The number of aliphatic carboxylic acids is 2. The lowest BCUT2D eigenvalue weighted by Gasteiger charge is -2.13. The number of carbonyl (C=O) groups excluding carboxylic acids is 1. The Morgan fingerprint density at radius 1 is 1.24 bits per heavy atom. The minimum atomic E-state index is -1.20. The van der Waals surface area contributed by atoms with Gasteiger partial charge in [-0.1, -0.05) is 0 Å². The molecule has 0 fully saturated rings. The fourth-order valence-corrected chi connectivity index (χ4v) is 1.60. The lowest BCUT2D eigenvalue weighted by atomic mass is 10.1. The van der Waals surface area contributed by atoms with E-state index < -0.39 is 18.0 Å². The maximum absolute atomic E-state index is 11.3. The maximum atomic E-state index is 11.3. The molecule has 0 heterocycles. The molecule has 0 aliphatic heterocycles. The number of hydrogen-bond acceptors (Lipinski definition) is 4. The highest BCUT2D eigenvalue weighted by Gasteiger charge is 2.20. The Labute approximate surface area is 104 Å². The van der Waals surface area contributed by atoms with Gasteiger partial charge in [-0.15, -0.1) is 0 Å². The van der Waals surface area contributed by atoms with E-state index >= 15 is 0 Å². The van der Waals surface area contributed by atoms with Crippen molar-refractivity contribution in [2.45, 2.75) is 31.7 Å². The first-order chi connectivity index (χ1) is 7.97. The lowest BCUT2D eigenvalue weighted by Crippen LogP contribution is -2.41. The van der Waals surface area contributed by atoms with Crippen LogP contribution >= 0.6 is 11.8 Å². The molecule has 0 aliphatic carbocycles. The van der Waals surface area contributed by atoms with E-state index in [4.69, 9.17) is 10.2 Å². The first-order valence-electron chi connectivity index (χ1n) is 5.20. The first kappa shape index (κ1) is 15.8. The summed E-state index contributed by atoms with van der Waals surface area (Å²) >= 11 is 1.61. The predicted octanol–water partition coefficient (Wildman–Crippen LogP) is 0.564. The molecule has 7 heteroatoms. The van der Waals surface area contributed by atoms with Gasteiger partial charge in [0.2, 0.25) is 5.91 Å². The molecule has 0 aliphatic rings. The average Bonchev–Trinajstić information content (AvgIpc) is 2.23. The fraction of sp³-hybridized carbons (Fsp3) is 0.700. The Hall–Kier alpha value is -1.24. The Balaban J connectivity index is 4.02. The Bertz CT molecular complexity index is 282. The van der Waals surface area contributed by atoms with E-state index in [9.17, 15) is 14.4 Å². The van der Waals surface area contributed by atoms with Crippen LogP contribution in [0.25, 0.3) is 0 Å². The number of nitrogens with one attached hydrogen (secondary N) is 1. The summed E-state index contributed by atoms with van der Waals surface area (Å²) in [4.78, 5) is 32.4. The number of amides is 1. The minimum Gasteiger partial charge on any atom is -0.481 e. The molecule has 0 rings (SSSR count). The van der Waals surface area contributed by atoms with Crippen molar-refractivity contribution in [2.75, 3.05) is 12.0 Å². The van der Waals surface area contributed by atoms with Gasteiger partial charge in [-0.3, -0.25) is 9.59 Å². The van der Waals surface area contributed by atoms with E-state index in [1.54, 1.807) is 11.8 Å². The summed E-state index contributed by atoms with van der Waals surface area (Å²) in [5.41, 5.74) is 0. The third-order valence-corrected chi connectivity index (χ3v) is 2.73. The van der Waals surface area contributed by atoms with Crippen LogP contribution < -0.4 is 5.32 Å². The smallest absolute Gasteiger partial charge is 0.326 e. The number of rotatable bonds is 9. The molecule has 0 bridgehead atoms. The summed E-state index contributed by atoms with van der Waals surface area (Å²) in [6, 6.07) is -1.12. The van der Waals surface area contributed by atoms with Crippen molar-refractivity contribution in [1.82, 2.24) is 5.32 Å². The van der Waals surface area contributed by atoms with Crippen LogP contribution in [0.3, 0.4) is 0 Å². The van der Waals surface area contributed by atoms with Crippen LogP contribution in [0.15, 0.2) is 0 Å². The Kier molecular flexibility index (Phi) is 8.21. The van der Waals surface area contributed by atoms with Crippen molar-refractivity contribution in [2.24, 2.45) is 0 Å². The van der Waals surface area contributed by atoms with Crippen LogP contribution in [0.4, 0.5) is 0 Å². The van der Waals surface area contributed by atoms with Crippen LogP contribution in [0, 0.1) is 0 Å². The van der Waals surface area contributed by atoms with Gasteiger partial charge < -0.3 is 15.5 Å². The van der Waals surface area contributed by atoms with Crippen LogP contribution in [0.2, 0.25) is 0 Å². The number of hydrogen-bond donors (Lipinski definition) is 3. The lowest BCUT2D eigenvalue weighted by molar-refractivity contribution is -0.143. The van der Waals surface area contributed by atoms with Crippen molar-refractivity contribution in [1.29, 1.82) is 0 Å². The zero-order chi connectivity index (χ0) is 13.3. The molecule has 6 nitrogen and oxygen atoms in total. The molecule has 0 spiro atoms. The summed E-state index contributed by atoms with van der Waals surface area (Å²) in [5.74, 6) is -1.80. The first-order valence-corrected chi connectivity index (χ1v) is 6.59. The second-order valence-corrected chi connectivity index (χ2v) is 4.47. The molecule has 0 radical (unpaired) electrons. The molecule has 1 amide bonds. The molecule has 1 atom stereocenters. The molecular weight excluding hydrogens is 246 g/mol. The molecule has 1 unspecified atom stereocenters.